The van der Waals surface area contributed by atoms with E-state index in [0.29, 0.717) is 15.4 Å². The third kappa shape index (κ3) is 2.94. The van der Waals surface area contributed by atoms with E-state index in [1.165, 1.54) is 12.3 Å². The van der Waals surface area contributed by atoms with Crippen molar-refractivity contribution in [3.63, 3.8) is 0 Å². The monoisotopic (exact) mass is 369 g/mol. The number of hydrogen-bond acceptors (Lipinski definition) is 4. The number of halogens is 4. The lowest BCUT2D eigenvalue weighted by molar-refractivity contribution is -0.0547. The van der Waals surface area contributed by atoms with Crippen LogP contribution >= 0.6 is 15.9 Å². The number of fused-ring (bicyclic) bond motifs is 1. The highest BCUT2D eigenvalue weighted by atomic mass is 79.9. The molecule has 0 unspecified atom stereocenters. The van der Waals surface area contributed by atoms with Crippen molar-refractivity contribution in [3.05, 3.63) is 40.5 Å². The van der Waals surface area contributed by atoms with Crippen LogP contribution in [0.2, 0.25) is 0 Å². The van der Waals surface area contributed by atoms with E-state index in [9.17, 15) is 21.6 Å². The standard InChI is InChI=1S/C11H7BrF3NO3S/c12-9-4-3-7(10-8(9)2-1-5-16-10)6-19-20(17,18)11(13,14)15/h1-5H,6H2. The molecule has 1 aromatic heterocycles. The van der Waals surface area contributed by atoms with E-state index in [4.69, 9.17) is 0 Å². The Bertz CT molecular complexity index is 746. The van der Waals surface area contributed by atoms with Crippen LogP contribution in [0.3, 0.4) is 0 Å². The van der Waals surface area contributed by atoms with Crippen LogP contribution in [-0.4, -0.2) is 18.9 Å². The van der Waals surface area contributed by atoms with Crippen LogP contribution in [0.25, 0.3) is 10.9 Å². The number of rotatable bonds is 3. The minimum atomic E-state index is -5.61. The Hall–Kier alpha value is -1.19. The van der Waals surface area contributed by atoms with Gasteiger partial charge < -0.3 is 0 Å². The van der Waals surface area contributed by atoms with Crippen LogP contribution in [0, 0.1) is 0 Å². The first kappa shape index (κ1) is 15.2. The van der Waals surface area contributed by atoms with Gasteiger partial charge in [-0.1, -0.05) is 28.1 Å². The van der Waals surface area contributed by atoms with Gasteiger partial charge in [-0.25, -0.2) is 0 Å². The maximum absolute atomic E-state index is 12.2. The van der Waals surface area contributed by atoms with Crippen molar-refractivity contribution in [1.82, 2.24) is 4.98 Å². The van der Waals surface area contributed by atoms with Gasteiger partial charge >= 0.3 is 15.6 Å². The first-order chi connectivity index (χ1) is 9.22. The molecule has 0 spiro atoms. The molecule has 0 saturated carbocycles. The van der Waals surface area contributed by atoms with Gasteiger partial charge in [-0.2, -0.15) is 21.6 Å². The Morgan fingerprint density at radius 3 is 2.60 bits per heavy atom. The minimum Gasteiger partial charge on any atom is -0.258 e. The average molecular weight is 370 g/mol. The maximum atomic E-state index is 12.2. The van der Waals surface area contributed by atoms with Crippen LogP contribution in [0.15, 0.2) is 34.9 Å². The summed E-state index contributed by atoms with van der Waals surface area (Å²) in [5.74, 6) is 0. The number of aromatic nitrogens is 1. The molecule has 9 heteroatoms. The summed E-state index contributed by atoms with van der Waals surface area (Å²) in [6.45, 7) is -0.733. The lowest BCUT2D eigenvalue weighted by Crippen LogP contribution is -2.25. The van der Waals surface area contributed by atoms with Crippen molar-refractivity contribution in [1.29, 1.82) is 0 Å². The highest BCUT2D eigenvalue weighted by Gasteiger charge is 2.47. The number of pyridine rings is 1. The predicted molar refractivity (Wildman–Crippen MR) is 69.2 cm³/mol. The molecule has 0 aliphatic rings. The van der Waals surface area contributed by atoms with Crippen molar-refractivity contribution in [2.24, 2.45) is 0 Å². The fourth-order valence-corrected chi connectivity index (χ4v) is 2.39. The third-order valence-electron chi connectivity index (χ3n) is 2.45. The summed E-state index contributed by atoms with van der Waals surface area (Å²) in [7, 11) is -5.61. The molecule has 0 saturated heterocycles. The summed E-state index contributed by atoms with van der Waals surface area (Å²) in [4.78, 5) is 4.02. The topological polar surface area (TPSA) is 56.3 Å². The molecule has 0 aliphatic carbocycles. The first-order valence-corrected chi connectivity index (χ1v) is 7.40. The van der Waals surface area contributed by atoms with Crippen molar-refractivity contribution in [2.45, 2.75) is 12.1 Å². The van der Waals surface area contributed by atoms with Crippen LogP contribution in [0.1, 0.15) is 5.56 Å². The van der Waals surface area contributed by atoms with Crippen molar-refractivity contribution in [3.8, 4) is 0 Å². The molecule has 1 heterocycles. The number of nitrogens with zero attached hydrogens (tertiary/aromatic N) is 1. The molecule has 0 aliphatic heterocycles. The Kier molecular flexibility index (Phi) is 4.03. The molecule has 0 N–H and O–H groups in total. The molecule has 20 heavy (non-hydrogen) atoms. The van der Waals surface area contributed by atoms with E-state index in [1.54, 1.807) is 18.2 Å². The fraction of sp³-hybridized carbons (Fsp3) is 0.182. The van der Waals surface area contributed by atoms with Gasteiger partial charge in [0.05, 0.1) is 12.1 Å². The highest BCUT2D eigenvalue weighted by Crippen LogP contribution is 2.28. The zero-order valence-electron chi connectivity index (χ0n) is 9.69. The Labute approximate surface area is 120 Å². The number of hydrogen-bond donors (Lipinski definition) is 0. The van der Waals surface area contributed by atoms with Gasteiger partial charge in [0.2, 0.25) is 0 Å². The van der Waals surface area contributed by atoms with Crippen molar-refractivity contribution < 1.29 is 25.8 Å². The second-order valence-corrected chi connectivity index (χ2v) is 6.23. The highest BCUT2D eigenvalue weighted by molar-refractivity contribution is 9.10. The average Bonchev–Trinajstić information content (AvgIpc) is 2.37. The molecule has 1 aromatic carbocycles. The number of alkyl halides is 3. The van der Waals surface area contributed by atoms with Crippen molar-refractivity contribution >= 4 is 37.0 Å². The van der Waals surface area contributed by atoms with Crippen molar-refractivity contribution in [2.75, 3.05) is 0 Å². The van der Waals surface area contributed by atoms with Gasteiger partial charge in [-0.3, -0.25) is 9.17 Å². The summed E-state index contributed by atoms with van der Waals surface area (Å²) in [5.41, 5.74) is -4.82. The quantitative estimate of drug-likeness (QED) is 0.614. The fourth-order valence-electron chi connectivity index (χ4n) is 1.52. The van der Waals surface area contributed by atoms with E-state index in [1.807, 2.05) is 0 Å². The molecule has 2 aromatic rings. The molecule has 2 rings (SSSR count). The van der Waals surface area contributed by atoms with Gasteiger partial charge in [0.15, 0.2) is 0 Å². The van der Waals surface area contributed by atoms with E-state index in [0.717, 1.165) is 0 Å². The van der Waals surface area contributed by atoms with Crippen LogP contribution in [-0.2, 0) is 20.9 Å². The Morgan fingerprint density at radius 1 is 1.25 bits per heavy atom. The molecule has 0 fully saturated rings. The van der Waals surface area contributed by atoms with E-state index >= 15 is 0 Å². The second-order valence-electron chi connectivity index (χ2n) is 3.77. The molecule has 4 nitrogen and oxygen atoms in total. The summed E-state index contributed by atoms with van der Waals surface area (Å²) >= 11 is 3.27. The van der Waals surface area contributed by atoms with Crippen LogP contribution in [0.5, 0.6) is 0 Å². The molecular weight excluding hydrogens is 363 g/mol. The largest absolute Gasteiger partial charge is 0.523 e. The Morgan fingerprint density at radius 2 is 1.95 bits per heavy atom. The SMILES string of the molecule is O=S(=O)(OCc1ccc(Br)c2cccnc12)C(F)(F)F. The normalized spacial score (nSPS) is 12.8. The second kappa shape index (κ2) is 5.30. The van der Waals surface area contributed by atoms with Gasteiger partial charge in [-0.15, -0.1) is 0 Å². The molecule has 108 valence electrons. The molecule has 0 atom stereocenters. The summed E-state index contributed by atoms with van der Waals surface area (Å²) in [6.07, 6.45) is 1.45. The van der Waals surface area contributed by atoms with Gasteiger partial charge in [0, 0.05) is 21.6 Å². The third-order valence-corrected chi connectivity index (χ3v) is 4.14. The maximum Gasteiger partial charge on any atom is 0.523 e. The zero-order chi connectivity index (χ0) is 15.0. The van der Waals surface area contributed by atoms with Crippen LogP contribution < -0.4 is 0 Å². The predicted octanol–water partition coefficient (Wildman–Crippen LogP) is 3.36. The van der Waals surface area contributed by atoms with Gasteiger partial charge in [0.1, 0.15) is 0 Å². The van der Waals surface area contributed by atoms with Crippen LogP contribution in [0.4, 0.5) is 13.2 Å². The van der Waals surface area contributed by atoms with E-state index < -0.39 is 22.2 Å². The molecule has 0 radical (unpaired) electrons. The lowest BCUT2D eigenvalue weighted by atomic mass is 10.1. The summed E-state index contributed by atoms with van der Waals surface area (Å²) in [6, 6.07) is 6.40. The summed E-state index contributed by atoms with van der Waals surface area (Å²) < 4.78 is 63.0. The van der Waals surface area contributed by atoms with Gasteiger partial charge in [0.25, 0.3) is 0 Å². The number of benzene rings is 1. The smallest absolute Gasteiger partial charge is 0.258 e. The lowest BCUT2D eigenvalue weighted by Gasteiger charge is -2.10. The minimum absolute atomic E-state index is 0.247. The summed E-state index contributed by atoms with van der Waals surface area (Å²) in [5, 5.41) is 0.651. The Balaban J connectivity index is 2.35. The zero-order valence-corrected chi connectivity index (χ0v) is 12.1. The first-order valence-electron chi connectivity index (χ1n) is 5.20. The molecule has 0 amide bonds. The van der Waals surface area contributed by atoms with E-state index in [-0.39, 0.29) is 5.56 Å². The van der Waals surface area contributed by atoms with E-state index in [2.05, 4.69) is 25.1 Å². The molecule has 0 bridgehead atoms. The molecular formula is C11H7BrF3NO3S. The van der Waals surface area contributed by atoms with Gasteiger partial charge in [-0.05, 0) is 12.1 Å².